The van der Waals surface area contributed by atoms with Gasteiger partial charge in [-0.15, -0.1) is 0 Å². The van der Waals surface area contributed by atoms with E-state index in [1.54, 1.807) is 7.11 Å². The fourth-order valence-electron chi connectivity index (χ4n) is 2.10. The summed E-state index contributed by atoms with van der Waals surface area (Å²) in [6.45, 7) is 6.14. The fraction of sp³-hybridized carbons (Fsp3) is 0.462. The van der Waals surface area contributed by atoms with Crippen LogP contribution in [0.2, 0.25) is 0 Å². The van der Waals surface area contributed by atoms with Crippen LogP contribution >= 0.6 is 0 Å². The van der Waals surface area contributed by atoms with Crippen molar-refractivity contribution < 1.29 is 4.74 Å². The lowest BCUT2D eigenvalue weighted by molar-refractivity contribution is 0.407. The highest BCUT2D eigenvalue weighted by Gasteiger charge is 2.10. The monoisotopic (exact) mass is 218 g/mol. The van der Waals surface area contributed by atoms with Crippen molar-refractivity contribution in [3.05, 3.63) is 28.6 Å². The molecule has 0 atom stereocenters. The van der Waals surface area contributed by atoms with Crippen LogP contribution in [0.1, 0.15) is 23.2 Å². The van der Waals surface area contributed by atoms with Gasteiger partial charge in [0.2, 0.25) is 0 Å². The summed E-state index contributed by atoms with van der Waals surface area (Å²) in [6, 6.07) is 0. The summed E-state index contributed by atoms with van der Waals surface area (Å²) in [5.41, 5.74) is 4.66. The van der Waals surface area contributed by atoms with Gasteiger partial charge in [0.25, 0.3) is 0 Å². The summed E-state index contributed by atoms with van der Waals surface area (Å²) in [6.07, 6.45) is 5.18. The summed E-state index contributed by atoms with van der Waals surface area (Å²) < 4.78 is 5.40. The number of nitrogens with zero attached hydrogens (tertiary/aromatic N) is 1. The van der Waals surface area contributed by atoms with E-state index in [9.17, 15) is 0 Å². The Morgan fingerprint density at radius 1 is 1.44 bits per heavy atom. The molecule has 1 saturated heterocycles. The van der Waals surface area contributed by atoms with Crippen LogP contribution in [0.5, 0.6) is 5.75 Å². The number of hydrogen-bond donors (Lipinski definition) is 1. The number of nitrogens with one attached hydrogen (secondary N) is 1. The number of pyridine rings is 1. The van der Waals surface area contributed by atoms with Crippen molar-refractivity contribution >= 4 is 6.08 Å². The lowest BCUT2D eigenvalue weighted by Gasteiger charge is -2.10. The second-order valence-corrected chi connectivity index (χ2v) is 4.21. The Morgan fingerprint density at radius 2 is 2.25 bits per heavy atom. The standard InChI is InChI=1S/C13H18N2O/c1-9-7-15-12(10(2)13(9)16-3)6-11-4-5-14-8-11/h6-7,14H,4-5,8H2,1-3H3. The van der Waals surface area contributed by atoms with E-state index in [0.717, 1.165) is 42.1 Å². The molecule has 0 saturated carbocycles. The first kappa shape index (κ1) is 11.1. The molecule has 2 rings (SSSR count). The van der Waals surface area contributed by atoms with Crippen molar-refractivity contribution in [1.82, 2.24) is 10.3 Å². The third-order valence-corrected chi connectivity index (χ3v) is 3.00. The van der Waals surface area contributed by atoms with Gasteiger partial charge in [-0.3, -0.25) is 4.98 Å². The molecule has 1 N–H and O–H groups in total. The van der Waals surface area contributed by atoms with Crippen LogP contribution in [-0.2, 0) is 0 Å². The Balaban J connectivity index is 2.38. The van der Waals surface area contributed by atoms with E-state index in [0.29, 0.717) is 0 Å². The minimum atomic E-state index is 0.952. The van der Waals surface area contributed by atoms with E-state index in [1.165, 1.54) is 5.57 Å². The van der Waals surface area contributed by atoms with Crippen molar-refractivity contribution in [2.75, 3.05) is 20.2 Å². The Morgan fingerprint density at radius 3 is 2.88 bits per heavy atom. The smallest absolute Gasteiger partial charge is 0.128 e. The van der Waals surface area contributed by atoms with Gasteiger partial charge < -0.3 is 10.1 Å². The van der Waals surface area contributed by atoms with Crippen LogP contribution in [0, 0.1) is 13.8 Å². The SMILES string of the molecule is COc1c(C)cnc(C=C2CCNC2)c1C. The Kier molecular flexibility index (Phi) is 3.25. The molecule has 3 nitrogen and oxygen atoms in total. The fourth-order valence-corrected chi connectivity index (χ4v) is 2.10. The molecule has 86 valence electrons. The van der Waals surface area contributed by atoms with Crippen molar-refractivity contribution in [3.8, 4) is 5.75 Å². The molecule has 0 radical (unpaired) electrons. The van der Waals surface area contributed by atoms with Gasteiger partial charge in [0.15, 0.2) is 0 Å². The number of aromatic nitrogens is 1. The normalized spacial score (nSPS) is 18.1. The lowest BCUT2D eigenvalue weighted by atomic mass is 10.1. The molecule has 3 heteroatoms. The molecule has 0 aromatic carbocycles. The van der Waals surface area contributed by atoms with Gasteiger partial charge in [-0.05, 0) is 32.9 Å². The molecule has 0 spiro atoms. The van der Waals surface area contributed by atoms with E-state index >= 15 is 0 Å². The third kappa shape index (κ3) is 2.09. The largest absolute Gasteiger partial charge is 0.496 e. The summed E-state index contributed by atoms with van der Waals surface area (Å²) in [5.74, 6) is 0.952. The topological polar surface area (TPSA) is 34.1 Å². The molecule has 1 aromatic rings. The van der Waals surface area contributed by atoms with Gasteiger partial charge >= 0.3 is 0 Å². The summed E-state index contributed by atoms with van der Waals surface area (Å²) in [7, 11) is 1.71. The van der Waals surface area contributed by atoms with Crippen LogP contribution in [0.3, 0.4) is 0 Å². The highest BCUT2D eigenvalue weighted by Crippen LogP contribution is 2.25. The van der Waals surface area contributed by atoms with E-state index in [-0.39, 0.29) is 0 Å². The summed E-state index contributed by atoms with van der Waals surface area (Å²) in [4.78, 5) is 4.47. The van der Waals surface area contributed by atoms with Crippen molar-refractivity contribution in [1.29, 1.82) is 0 Å². The third-order valence-electron chi connectivity index (χ3n) is 3.00. The van der Waals surface area contributed by atoms with Crippen LogP contribution in [-0.4, -0.2) is 25.2 Å². The van der Waals surface area contributed by atoms with Gasteiger partial charge in [-0.2, -0.15) is 0 Å². The molecular formula is C13H18N2O. The zero-order chi connectivity index (χ0) is 11.5. The maximum absolute atomic E-state index is 5.40. The molecule has 0 amide bonds. The number of rotatable bonds is 2. The number of hydrogen-bond acceptors (Lipinski definition) is 3. The second kappa shape index (κ2) is 4.66. The van der Waals surface area contributed by atoms with Crippen molar-refractivity contribution in [2.24, 2.45) is 0 Å². The summed E-state index contributed by atoms with van der Waals surface area (Å²) in [5, 5.41) is 3.32. The van der Waals surface area contributed by atoms with Crippen LogP contribution in [0.25, 0.3) is 6.08 Å². The molecule has 1 aromatic heterocycles. The van der Waals surface area contributed by atoms with Crippen molar-refractivity contribution in [2.45, 2.75) is 20.3 Å². The summed E-state index contributed by atoms with van der Waals surface area (Å²) >= 11 is 0. The molecular weight excluding hydrogens is 200 g/mol. The van der Waals surface area contributed by atoms with E-state index < -0.39 is 0 Å². The molecule has 16 heavy (non-hydrogen) atoms. The van der Waals surface area contributed by atoms with Gasteiger partial charge in [0.1, 0.15) is 5.75 Å². The number of methoxy groups -OCH3 is 1. The average molecular weight is 218 g/mol. The van der Waals surface area contributed by atoms with E-state index in [1.807, 2.05) is 13.1 Å². The Labute approximate surface area is 96.5 Å². The molecule has 1 fully saturated rings. The van der Waals surface area contributed by atoms with Crippen LogP contribution < -0.4 is 10.1 Å². The lowest BCUT2D eigenvalue weighted by Crippen LogP contribution is -2.04. The Hall–Kier alpha value is -1.35. The van der Waals surface area contributed by atoms with E-state index in [4.69, 9.17) is 4.74 Å². The quantitative estimate of drug-likeness (QED) is 0.825. The highest BCUT2D eigenvalue weighted by molar-refractivity contribution is 5.58. The maximum atomic E-state index is 5.40. The molecule has 0 bridgehead atoms. The molecule has 1 aliphatic heterocycles. The minimum absolute atomic E-state index is 0.952. The zero-order valence-electron chi connectivity index (χ0n) is 10.1. The first-order chi connectivity index (χ1) is 7.72. The van der Waals surface area contributed by atoms with Gasteiger partial charge in [0.05, 0.1) is 12.8 Å². The van der Waals surface area contributed by atoms with Gasteiger partial charge in [-0.1, -0.05) is 5.57 Å². The molecule has 0 unspecified atom stereocenters. The molecule has 0 aliphatic carbocycles. The predicted molar refractivity (Wildman–Crippen MR) is 65.7 cm³/mol. The van der Waals surface area contributed by atoms with Crippen molar-refractivity contribution in [3.63, 3.8) is 0 Å². The first-order valence-electron chi connectivity index (χ1n) is 5.62. The highest BCUT2D eigenvalue weighted by atomic mass is 16.5. The minimum Gasteiger partial charge on any atom is -0.496 e. The van der Waals surface area contributed by atoms with Gasteiger partial charge in [0, 0.05) is 23.9 Å². The number of aryl methyl sites for hydroxylation is 1. The van der Waals surface area contributed by atoms with Crippen LogP contribution in [0.15, 0.2) is 11.8 Å². The molecule has 1 aliphatic rings. The number of ether oxygens (including phenoxy) is 1. The van der Waals surface area contributed by atoms with Gasteiger partial charge in [-0.25, -0.2) is 0 Å². The molecule has 2 heterocycles. The Bertz CT molecular complexity index is 416. The van der Waals surface area contributed by atoms with E-state index in [2.05, 4.69) is 23.3 Å². The first-order valence-corrected chi connectivity index (χ1v) is 5.62. The zero-order valence-corrected chi connectivity index (χ0v) is 10.1. The maximum Gasteiger partial charge on any atom is 0.128 e. The second-order valence-electron chi connectivity index (χ2n) is 4.21. The van der Waals surface area contributed by atoms with Crippen LogP contribution in [0.4, 0.5) is 0 Å². The average Bonchev–Trinajstić information content (AvgIpc) is 2.76. The predicted octanol–water partition coefficient (Wildman–Crippen LogP) is 2.08.